The predicted octanol–water partition coefficient (Wildman–Crippen LogP) is 1.05. The van der Waals surface area contributed by atoms with Gasteiger partial charge in [-0.05, 0) is 31.0 Å². The van der Waals surface area contributed by atoms with Crippen LogP contribution in [0.5, 0.6) is 0 Å². The molecule has 0 aromatic heterocycles. The van der Waals surface area contributed by atoms with Gasteiger partial charge in [-0.3, -0.25) is 19.4 Å². The summed E-state index contributed by atoms with van der Waals surface area (Å²) in [7, 11) is 0. The molecule has 1 aromatic rings. The molecule has 1 N–H and O–H groups in total. The van der Waals surface area contributed by atoms with Gasteiger partial charge in [-0.2, -0.15) is 0 Å². The van der Waals surface area contributed by atoms with Crippen LogP contribution in [-0.2, 0) is 16.1 Å². The Bertz CT molecular complexity index is 626. The van der Waals surface area contributed by atoms with Crippen molar-refractivity contribution >= 4 is 11.9 Å². The number of aryl methyl sites for hydroxylation is 1. The highest BCUT2D eigenvalue weighted by Gasteiger charge is 2.30. The minimum atomic E-state index is -0.750. The largest absolute Gasteiger partial charge is 0.481 e. The predicted molar refractivity (Wildman–Crippen MR) is 95.2 cm³/mol. The lowest BCUT2D eigenvalue weighted by Crippen LogP contribution is -2.50. The Morgan fingerprint density at radius 1 is 1.08 bits per heavy atom. The standard InChI is InChI=1S/C19H27N3O3/c1-15-4-2-3-5-16(15)12-20-8-10-22(11-9-20)18(23)14-21-7-6-17(13-21)19(24)25/h2-5,17H,6-14H2,1H3,(H,24,25). The monoisotopic (exact) mass is 345 g/mol. The number of carbonyl (C=O) groups excluding carboxylic acids is 1. The Morgan fingerprint density at radius 3 is 2.44 bits per heavy atom. The van der Waals surface area contributed by atoms with Crippen LogP contribution in [0.1, 0.15) is 17.5 Å². The first-order chi connectivity index (χ1) is 12.0. The fourth-order valence-corrected chi connectivity index (χ4v) is 3.65. The van der Waals surface area contributed by atoms with E-state index in [1.54, 1.807) is 0 Å². The zero-order valence-corrected chi connectivity index (χ0v) is 14.9. The Balaban J connectivity index is 1.43. The van der Waals surface area contributed by atoms with Crippen molar-refractivity contribution in [2.24, 2.45) is 5.92 Å². The van der Waals surface area contributed by atoms with Gasteiger partial charge in [0.2, 0.25) is 5.91 Å². The van der Waals surface area contributed by atoms with Crippen LogP contribution in [0.4, 0.5) is 0 Å². The maximum Gasteiger partial charge on any atom is 0.307 e. The second-order valence-corrected chi connectivity index (χ2v) is 7.14. The molecule has 2 saturated heterocycles. The lowest BCUT2D eigenvalue weighted by atomic mass is 10.1. The summed E-state index contributed by atoms with van der Waals surface area (Å²) in [4.78, 5) is 29.8. The van der Waals surface area contributed by atoms with E-state index >= 15 is 0 Å². The van der Waals surface area contributed by atoms with Crippen LogP contribution < -0.4 is 0 Å². The van der Waals surface area contributed by atoms with E-state index < -0.39 is 5.97 Å². The molecule has 2 aliphatic heterocycles. The van der Waals surface area contributed by atoms with Gasteiger partial charge in [-0.25, -0.2) is 0 Å². The second-order valence-electron chi connectivity index (χ2n) is 7.14. The quantitative estimate of drug-likeness (QED) is 0.864. The van der Waals surface area contributed by atoms with Gasteiger partial charge < -0.3 is 10.0 Å². The highest BCUT2D eigenvalue weighted by molar-refractivity contribution is 5.78. The van der Waals surface area contributed by atoms with Crippen molar-refractivity contribution < 1.29 is 14.7 Å². The molecule has 0 aliphatic carbocycles. The molecule has 6 heteroatoms. The first kappa shape index (κ1) is 17.9. The van der Waals surface area contributed by atoms with Crippen molar-refractivity contribution in [2.75, 3.05) is 45.8 Å². The van der Waals surface area contributed by atoms with Crippen LogP contribution in [0.25, 0.3) is 0 Å². The van der Waals surface area contributed by atoms with Gasteiger partial charge in [-0.15, -0.1) is 0 Å². The third kappa shape index (κ3) is 4.58. The number of amides is 1. The topological polar surface area (TPSA) is 64.1 Å². The molecule has 136 valence electrons. The van der Waals surface area contributed by atoms with Gasteiger partial charge in [0.25, 0.3) is 0 Å². The zero-order chi connectivity index (χ0) is 17.8. The van der Waals surface area contributed by atoms with E-state index in [0.29, 0.717) is 26.1 Å². The number of carboxylic acid groups (broad SMARTS) is 1. The number of aliphatic carboxylic acids is 1. The molecule has 2 aliphatic rings. The minimum absolute atomic E-state index is 0.126. The highest BCUT2D eigenvalue weighted by atomic mass is 16.4. The fourth-order valence-electron chi connectivity index (χ4n) is 3.65. The van der Waals surface area contributed by atoms with Crippen LogP contribution in [0.15, 0.2) is 24.3 Å². The van der Waals surface area contributed by atoms with Gasteiger partial charge in [0.1, 0.15) is 0 Å². The summed E-state index contributed by atoms with van der Waals surface area (Å²) >= 11 is 0. The smallest absolute Gasteiger partial charge is 0.307 e. The van der Waals surface area contributed by atoms with Crippen LogP contribution in [-0.4, -0.2) is 77.5 Å². The van der Waals surface area contributed by atoms with E-state index in [-0.39, 0.29) is 11.8 Å². The molecule has 1 atom stereocenters. The summed E-state index contributed by atoms with van der Waals surface area (Å²) in [6, 6.07) is 8.43. The van der Waals surface area contributed by atoms with E-state index in [0.717, 1.165) is 32.7 Å². The Morgan fingerprint density at radius 2 is 1.80 bits per heavy atom. The molecule has 25 heavy (non-hydrogen) atoms. The van der Waals surface area contributed by atoms with Crippen LogP contribution >= 0.6 is 0 Å². The Labute approximate surface area is 149 Å². The van der Waals surface area contributed by atoms with Crippen LogP contribution in [0.2, 0.25) is 0 Å². The first-order valence-corrected chi connectivity index (χ1v) is 9.02. The summed E-state index contributed by atoms with van der Waals surface area (Å²) in [5, 5.41) is 9.06. The average Bonchev–Trinajstić information content (AvgIpc) is 3.06. The molecule has 0 spiro atoms. The van der Waals surface area contributed by atoms with Crippen LogP contribution in [0, 0.1) is 12.8 Å². The van der Waals surface area contributed by atoms with E-state index in [1.807, 2.05) is 9.80 Å². The number of carboxylic acids is 1. The van der Waals surface area contributed by atoms with Crippen LogP contribution in [0.3, 0.4) is 0 Å². The van der Waals surface area contributed by atoms with E-state index in [9.17, 15) is 9.59 Å². The number of piperazine rings is 1. The second kappa shape index (κ2) is 7.97. The summed E-state index contributed by atoms with van der Waals surface area (Å²) in [5.41, 5.74) is 2.65. The van der Waals surface area contributed by atoms with E-state index in [1.165, 1.54) is 11.1 Å². The SMILES string of the molecule is Cc1ccccc1CN1CCN(C(=O)CN2CCC(C(=O)O)C2)CC1. The van der Waals surface area contributed by atoms with Gasteiger partial charge >= 0.3 is 5.97 Å². The average molecular weight is 345 g/mol. The lowest BCUT2D eigenvalue weighted by Gasteiger charge is -2.35. The molecule has 1 aromatic carbocycles. The molecule has 2 heterocycles. The van der Waals surface area contributed by atoms with Gasteiger partial charge in [0.15, 0.2) is 0 Å². The fraction of sp³-hybridized carbons (Fsp3) is 0.579. The lowest BCUT2D eigenvalue weighted by molar-refractivity contribution is -0.141. The van der Waals surface area contributed by atoms with Gasteiger partial charge in [-0.1, -0.05) is 24.3 Å². The van der Waals surface area contributed by atoms with E-state index in [4.69, 9.17) is 5.11 Å². The Hall–Kier alpha value is -1.92. The molecule has 0 radical (unpaired) electrons. The number of rotatable bonds is 5. The molecular formula is C19H27N3O3. The number of hydrogen-bond acceptors (Lipinski definition) is 4. The molecule has 2 fully saturated rings. The van der Waals surface area contributed by atoms with Crippen molar-refractivity contribution in [1.29, 1.82) is 0 Å². The molecule has 1 unspecified atom stereocenters. The Kier molecular flexibility index (Phi) is 5.71. The van der Waals surface area contributed by atoms with Crippen molar-refractivity contribution in [3.63, 3.8) is 0 Å². The normalized spacial score (nSPS) is 22.3. The number of nitrogens with zero attached hydrogens (tertiary/aromatic N) is 3. The van der Waals surface area contributed by atoms with Gasteiger partial charge in [0.05, 0.1) is 12.5 Å². The summed E-state index contributed by atoms with van der Waals surface area (Å²) in [6.07, 6.45) is 0.646. The number of benzene rings is 1. The number of hydrogen-bond donors (Lipinski definition) is 1. The van der Waals surface area contributed by atoms with E-state index in [2.05, 4.69) is 36.1 Å². The summed E-state index contributed by atoms with van der Waals surface area (Å²) < 4.78 is 0. The summed E-state index contributed by atoms with van der Waals surface area (Å²) in [5.74, 6) is -0.944. The van der Waals surface area contributed by atoms with Crippen molar-refractivity contribution in [3.8, 4) is 0 Å². The zero-order valence-electron chi connectivity index (χ0n) is 14.9. The maximum absolute atomic E-state index is 12.5. The number of carbonyl (C=O) groups is 2. The third-order valence-corrected chi connectivity index (χ3v) is 5.36. The molecule has 0 saturated carbocycles. The van der Waals surface area contributed by atoms with Crippen molar-refractivity contribution in [1.82, 2.24) is 14.7 Å². The highest BCUT2D eigenvalue weighted by Crippen LogP contribution is 2.17. The third-order valence-electron chi connectivity index (χ3n) is 5.36. The van der Waals surface area contributed by atoms with Crippen molar-refractivity contribution in [2.45, 2.75) is 19.9 Å². The minimum Gasteiger partial charge on any atom is -0.481 e. The first-order valence-electron chi connectivity index (χ1n) is 9.02. The summed E-state index contributed by atoms with van der Waals surface area (Å²) in [6.45, 7) is 7.89. The molecule has 6 nitrogen and oxygen atoms in total. The van der Waals surface area contributed by atoms with Crippen molar-refractivity contribution in [3.05, 3.63) is 35.4 Å². The molecule has 0 bridgehead atoms. The number of likely N-dealkylation sites (tertiary alicyclic amines) is 1. The molecule has 3 rings (SSSR count). The van der Waals surface area contributed by atoms with Gasteiger partial charge in [0, 0.05) is 39.3 Å². The molecular weight excluding hydrogens is 318 g/mol. The molecule has 1 amide bonds. The maximum atomic E-state index is 12.5.